The smallest absolute Gasteiger partial charge is 0.137 e. The minimum atomic E-state index is 0. The van der Waals surface area contributed by atoms with Gasteiger partial charge >= 0.3 is 0 Å². The highest BCUT2D eigenvalue weighted by molar-refractivity contribution is 5.86. The molecule has 0 saturated carbocycles. The van der Waals surface area contributed by atoms with Crippen molar-refractivity contribution in [3.63, 3.8) is 0 Å². The summed E-state index contributed by atoms with van der Waals surface area (Å²) in [5.74, 6) is 0.948. The lowest BCUT2D eigenvalue weighted by Gasteiger charge is -2.41. The van der Waals surface area contributed by atoms with E-state index in [0.29, 0.717) is 12.1 Å². The molecule has 1 fully saturated rings. The van der Waals surface area contributed by atoms with Gasteiger partial charge in [-0.2, -0.15) is 0 Å². The Labute approximate surface area is 233 Å². The Kier molecular flexibility index (Phi) is 11.5. The minimum Gasteiger partial charge on any atom is -0.341 e. The van der Waals surface area contributed by atoms with Crippen LogP contribution in [0.15, 0.2) is 91.1 Å². The molecule has 1 atom stereocenters. The van der Waals surface area contributed by atoms with E-state index in [2.05, 4.69) is 119 Å². The van der Waals surface area contributed by atoms with Crippen molar-refractivity contribution in [1.29, 1.82) is 0 Å². The number of hydrogen-bond donors (Lipinski definition) is 1. The van der Waals surface area contributed by atoms with Gasteiger partial charge < -0.3 is 4.98 Å². The fourth-order valence-corrected chi connectivity index (χ4v) is 4.87. The Balaban J connectivity index is 0.00000152. The number of aromatic nitrogens is 2. The number of rotatable bonds is 6. The zero-order valence-electron chi connectivity index (χ0n) is 20.7. The molecule has 2 heterocycles. The van der Waals surface area contributed by atoms with E-state index in [4.69, 9.17) is 0 Å². The van der Waals surface area contributed by atoms with E-state index in [9.17, 15) is 0 Å². The number of benzene rings is 3. The molecule has 5 rings (SSSR count). The van der Waals surface area contributed by atoms with Crippen LogP contribution in [0.4, 0.5) is 0 Å². The van der Waals surface area contributed by atoms with Gasteiger partial charge in [0.1, 0.15) is 5.82 Å². The Hall–Kier alpha value is -2.34. The molecule has 7 heteroatoms. The van der Waals surface area contributed by atoms with E-state index in [-0.39, 0.29) is 37.2 Å². The Morgan fingerprint density at radius 1 is 0.694 bits per heavy atom. The molecule has 4 aromatic rings. The third-order valence-corrected chi connectivity index (χ3v) is 6.86. The largest absolute Gasteiger partial charge is 0.341 e. The fraction of sp³-hybridized carbons (Fsp3) is 0.276. The van der Waals surface area contributed by atoms with Crippen molar-refractivity contribution in [2.75, 3.05) is 26.2 Å². The summed E-state index contributed by atoms with van der Waals surface area (Å²) in [5, 5.41) is 0. The van der Waals surface area contributed by atoms with Gasteiger partial charge in [-0.1, -0.05) is 90.5 Å². The van der Waals surface area contributed by atoms with E-state index in [1.54, 1.807) is 0 Å². The van der Waals surface area contributed by atoms with Gasteiger partial charge in [0.15, 0.2) is 0 Å². The van der Waals surface area contributed by atoms with Crippen molar-refractivity contribution in [2.45, 2.75) is 25.9 Å². The number of H-pyrrole nitrogens is 1. The number of aromatic amines is 1. The minimum absolute atomic E-state index is 0. The normalized spacial score (nSPS) is 14.9. The predicted molar refractivity (Wildman–Crippen MR) is 157 cm³/mol. The second kappa shape index (κ2) is 13.8. The molecule has 4 nitrogen and oxygen atoms in total. The molecule has 0 amide bonds. The summed E-state index contributed by atoms with van der Waals surface area (Å²) in [6, 6.07) is 30.9. The topological polar surface area (TPSA) is 35.2 Å². The molecular weight excluding hydrogens is 511 g/mol. The van der Waals surface area contributed by atoms with Gasteiger partial charge in [-0.15, -0.1) is 37.2 Å². The summed E-state index contributed by atoms with van der Waals surface area (Å²) in [5.41, 5.74) is 6.31. The van der Waals surface area contributed by atoms with E-state index < -0.39 is 0 Å². The number of nitrogens with one attached hydrogen (secondary N) is 1. The van der Waals surface area contributed by atoms with Crippen molar-refractivity contribution in [2.24, 2.45) is 0 Å². The first-order valence-corrected chi connectivity index (χ1v) is 11.9. The average Bonchev–Trinajstić information content (AvgIpc) is 3.36. The molecule has 1 aliphatic rings. The Morgan fingerprint density at radius 2 is 1.19 bits per heavy atom. The standard InChI is InChI=1S/C29H32N4.3ClH/c1-22-13-15-26(16-14-22)29-30-21-27(31-29)23(2)32-17-19-33(20-18-32)28(24-9-5-3-6-10-24)25-11-7-4-8-12-25;;;/h3-16,21,23,28H,17-20H2,1-2H3,(H,30,31);3*1H. The van der Waals surface area contributed by atoms with Crippen LogP contribution in [0.25, 0.3) is 11.4 Å². The van der Waals surface area contributed by atoms with Gasteiger partial charge in [0.05, 0.1) is 17.9 Å². The van der Waals surface area contributed by atoms with E-state index in [1.807, 2.05) is 6.20 Å². The van der Waals surface area contributed by atoms with Crippen LogP contribution >= 0.6 is 37.2 Å². The molecule has 1 unspecified atom stereocenters. The number of imidazole rings is 1. The summed E-state index contributed by atoms with van der Waals surface area (Å²) in [4.78, 5) is 13.4. The van der Waals surface area contributed by atoms with Gasteiger partial charge in [0, 0.05) is 37.8 Å². The summed E-state index contributed by atoms with van der Waals surface area (Å²) in [6.07, 6.45) is 2.00. The maximum absolute atomic E-state index is 4.66. The van der Waals surface area contributed by atoms with Crippen molar-refractivity contribution < 1.29 is 0 Å². The zero-order valence-corrected chi connectivity index (χ0v) is 23.2. The first kappa shape index (κ1) is 29.9. The molecule has 0 bridgehead atoms. The summed E-state index contributed by atoms with van der Waals surface area (Å²) >= 11 is 0. The Morgan fingerprint density at radius 3 is 1.72 bits per heavy atom. The van der Waals surface area contributed by atoms with Crippen LogP contribution in [0.1, 0.15) is 41.4 Å². The second-order valence-electron chi connectivity index (χ2n) is 9.02. The lowest BCUT2D eigenvalue weighted by Crippen LogP contribution is -2.48. The number of nitrogens with zero attached hydrogens (tertiary/aromatic N) is 3. The fourth-order valence-electron chi connectivity index (χ4n) is 4.87. The van der Waals surface area contributed by atoms with Gasteiger partial charge in [-0.05, 0) is 25.0 Å². The number of aryl methyl sites for hydroxylation is 1. The van der Waals surface area contributed by atoms with E-state index in [1.165, 1.54) is 22.4 Å². The van der Waals surface area contributed by atoms with Crippen LogP contribution in [0.2, 0.25) is 0 Å². The molecule has 1 aromatic heterocycles. The van der Waals surface area contributed by atoms with E-state index in [0.717, 1.165) is 37.6 Å². The quantitative estimate of drug-likeness (QED) is 0.280. The van der Waals surface area contributed by atoms with Crippen LogP contribution in [-0.4, -0.2) is 45.9 Å². The first-order chi connectivity index (χ1) is 16.2. The molecule has 36 heavy (non-hydrogen) atoms. The summed E-state index contributed by atoms with van der Waals surface area (Å²) in [6.45, 7) is 8.55. The third-order valence-electron chi connectivity index (χ3n) is 6.86. The van der Waals surface area contributed by atoms with Crippen LogP contribution < -0.4 is 0 Å². The molecule has 3 aromatic carbocycles. The molecule has 192 valence electrons. The average molecular weight is 546 g/mol. The highest BCUT2D eigenvalue weighted by Crippen LogP contribution is 2.31. The molecule has 1 aliphatic heterocycles. The number of piperazine rings is 1. The maximum Gasteiger partial charge on any atom is 0.137 e. The van der Waals surface area contributed by atoms with Crippen LogP contribution in [-0.2, 0) is 0 Å². The molecule has 1 saturated heterocycles. The highest BCUT2D eigenvalue weighted by Gasteiger charge is 2.29. The van der Waals surface area contributed by atoms with Gasteiger partial charge in [-0.3, -0.25) is 9.80 Å². The van der Waals surface area contributed by atoms with Crippen molar-refractivity contribution in [1.82, 2.24) is 19.8 Å². The second-order valence-corrected chi connectivity index (χ2v) is 9.02. The molecule has 1 N–H and O–H groups in total. The SMILES string of the molecule is Cc1ccc(-c2ncc(C(C)N3CCN(C(c4ccccc4)c4ccccc4)CC3)[nH]2)cc1.Cl.Cl.Cl. The molecule has 0 spiro atoms. The van der Waals surface area contributed by atoms with Gasteiger partial charge in [0.25, 0.3) is 0 Å². The third kappa shape index (κ3) is 6.70. The van der Waals surface area contributed by atoms with Crippen molar-refractivity contribution in [3.05, 3.63) is 114 Å². The van der Waals surface area contributed by atoms with Crippen LogP contribution in [0.5, 0.6) is 0 Å². The maximum atomic E-state index is 4.66. The summed E-state index contributed by atoms with van der Waals surface area (Å²) in [7, 11) is 0. The van der Waals surface area contributed by atoms with Gasteiger partial charge in [-0.25, -0.2) is 4.98 Å². The highest BCUT2D eigenvalue weighted by atomic mass is 35.5. The predicted octanol–water partition coefficient (Wildman–Crippen LogP) is 7.12. The first-order valence-electron chi connectivity index (χ1n) is 11.9. The lowest BCUT2D eigenvalue weighted by molar-refractivity contribution is 0.0828. The Bertz CT molecular complexity index is 1120. The molecule has 0 aliphatic carbocycles. The summed E-state index contributed by atoms with van der Waals surface area (Å²) < 4.78 is 0. The van der Waals surface area contributed by atoms with Crippen molar-refractivity contribution in [3.8, 4) is 11.4 Å². The van der Waals surface area contributed by atoms with Crippen LogP contribution in [0, 0.1) is 6.92 Å². The van der Waals surface area contributed by atoms with E-state index >= 15 is 0 Å². The van der Waals surface area contributed by atoms with Crippen LogP contribution in [0.3, 0.4) is 0 Å². The van der Waals surface area contributed by atoms with Crippen molar-refractivity contribution >= 4 is 37.2 Å². The monoisotopic (exact) mass is 544 g/mol. The zero-order chi connectivity index (χ0) is 22.6. The number of hydrogen-bond acceptors (Lipinski definition) is 3. The lowest BCUT2D eigenvalue weighted by atomic mass is 9.96. The van der Waals surface area contributed by atoms with Gasteiger partial charge in [0.2, 0.25) is 0 Å². The molecule has 0 radical (unpaired) electrons. The number of halogens is 3. The molecular formula is C29H35Cl3N4.